The number of thioether (sulfide) groups is 1. The highest BCUT2D eigenvalue weighted by atomic mass is 32.2. The summed E-state index contributed by atoms with van der Waals surface area (Å²) in [5.74, 6) is 0.298. The van der Waals surface area contributed by atoms with Crippen molar-refractivity contribution in [2.24, 2.45) is 0 Å². The van der Waals surface area contributed by atoms with Crippen molar-refractivity contribution in [3.05, 3.63) is 24.3 Å². The fourth-order valence-electron chi connectivity index (χ4n) is 1.89. The Morgan fingerprint density at radius 3 is 2.62 bits per heavy atom. The number of carbonyl (C=O) groups is 2. The third kappa shape index (κ3) is 3.75. The molecule has 0 radical (unpaired) electrons. The first-order valence-corrected chi connectivity index (χ1v) is 7.44. The number of carbonyl (C=O) groups excluding carboxylic acids is 2. The quantitative estimate of drug-likeness (QED) is 0.870. The first-order chi connectivity index (χ1) is 10.0. The van der Waals surface area contributed by atoms with E-state index in [9.17, 15) is 9.59 Å². The molecule has 0 unspecified atom stereocenters. The van der Waals surface area contributed by atoms with E-state index in [1.54, 1.807) is 31.3 Å². The molecule has 1 heterocycles. The van der Waals surface area contributed by atoms with Gasteiger partial charge in [0.2, 0.25) is 11.8 Å². The zero-order valence-corrected chi connectivity index (χ0v) is 12.7. The van der Waals surface area contributed by atoms with E-state index in [1.165, 1.54) is 4.90 Å². The predicted molar refractivity (Wildman–Crippen MR) is 82.7 cm³/mol. The van der Waals surface area contributed by atoms with Gasteiger partial charge in [0.1, 0.15) is 11.0 Å². The highest BCUT2D eigenvalue weighted by Crippen LogP contribution is 2.27. The number of rotatable bonds is 5. The van der Waals surface area contributed by atoms with Gasteiger partial charge in [-0.25, -0.2) is 0 Å². The summed E-state index contributed by atoms with van der Waals surface area (Å²) in [5.41, 5.74) is 0.655. The number of amidine groups is 1. The van der Waals surface area contributed by atoms with Crippen LogP contribution in [0, 0.1) is 5.41 Å². The van der Waals surface area contributed by atoms with E-state index in [2.05, 4.69) is 5.32 Å². The van der Waals surface area contributed by atoms with Crippen molar-refractivity contribution in [1.29, 1.82) is 5.41 Å². The molecule has 0 spiro atoms. The van der Waals surface area contributed by atoms with Crippen LogP contribution in [0.25, 0.3) is 0 Å². The van der Waals surface area contributed by atoms with Crippen LogP contribution in [0.15, 0.2) is 24.3 Å². The zero-order valence-electron chi connectivity index (χ0n) is 11.9. The fourth-order valence-corrected chi connectivity index (χ4v) is 2.90. The molecule has 1 atom stereocenters. The second kappa shape index (κ2) is 6.62. The molecule has 21 heavy (non-hydrogen) atoms. The van der Waals surface area contributed by atoms with Gasteiger partial charge in [0.15, 0.2) is 5.17 Å². The number of hydrogen-bond acceptors (Lipinski definition) is 5. The van der Waals surface area contributed by atoms with Crippen molar-refractivity contribution in [2.45, 2.75) is 18.6 Å². The van der Waals surface area contributed by atoms with Crippen molar-refractivity contribution >= 4 is 34.4 Å². The Kier molecular flexibility index (Phi) is 4.85. The number of ether oxygens (including phenoxy) is 1. The number of amides is 2. The minimum atomic E-state index is -0.509. The Bertz CT molecular complexity index is 559. The smallest absolute Gasteiger partial charge is 0.242 e. The van der Waals surface area contributed by atoms with Crippen molar-refractivity contribution in [1.82, 2.24) is 4.90 Å². The number of benzene rings is 1. The van der Waals surface area contributed by atoms with E-state index < -0.39 is 5.25 Å². The molecule has 2 N–H and O–H groups in total. The molecule has 0 bridgehead atoms. The Balaban J connectivity index is 1.90. The molecule has 1 aliphatic rings. The number of anilines is 1. The molecule has 6 nitrogen and oxygen atoms in total. The van der Waals surface area contributed by atoms with E-state index in [0.29, 0.717) is 12.3 Å². The predicted octanol–water partition coefficient (Wildman–Crippen LogP) is 1.92. The van der Waals surface area contributed by atoms with Crippen LogP contribution in [-0.2, 0) is 9.59 Å². The maximum atomic E-state index is 11.9. The van der Waals surface area contributed by atoms with Crippen molar-refractivity contribution in [3.8, 4) is 5.75 Å². The van der Waals surface area contributed by atoms with E-state index in [1.807, 2.05) is 6.92 Å². The molecule has 1 aliphatic heterocycles. The number of nitrogens with zero attached hydrogens (tertiary/aromatic N) is 1. The molecular weight excluding hydrogens is 290 g/mol. The second-order valence-corrected chi connectivity index (χ2v) is 5.71. The van der Waals surface area contributed by atoms with Gasteiger partial charge in [-0.15, -0.1) is 0 Å². The van der Waals surface area contributed by atoms with Gasteiger partial charge in [-0.1, -0.05) is 11.8 Å². The van der Waals surface area contributed by atoms with Crippen LogP contribution in [0.3, 0.4) is 0 Å². The minimum Gasteiger partial charge on any atom is -0.494 e. The SMILES string of the molecule is CCOc1ccc(NC(=O)C[C@H]2SC(=N)N(C)C2=O)cc1. The van der Waals surface area contributed by atoms with E-state index >= 15 is 0 Å². The monoisotopic (exact) mass is 307 g/mol. The average Bonchev–Trinajstić information content (AvgIpc) is 2.69. The lowest BCUT2D eigenvalue weighted by atomic mass is 10.2. The molecule has 7 heteroatoms. The Labute approximate surface area is 127 Å². The van der Waals surface area contributed by atoms with E-state index in [0.717, 1.165) is 17.5 Å². The van der Waals surface area contributed by atoms with Crippen molar-refractivity contribution < 1.29 is 14.3 Å². The van der Waals surface area contributed by atoms with Crippen LogP contribution in [0.5, 0.6) is 5.75 Å². The summed E-state index contributed by atoms with van der Waals surface area (Å²) in [6, 6.07) is 7.05. The van der Waals surface area contributed by atoms with Crippen LogP contribution in [-0.4, -0.2) is 40.8 Å². The molecule has 2 amide bonds. The molecule has 0 aromatic heterocycles. The number of nitrogens with one attached hydrogen (secondary N) is 2. The largest absolute Gasteiger partial charge is 0.494 e. The van der Waals surface area contributed by atoms with Crippen LogP contribution in [0.2, 0.25) is 0 Å². The third-order valence-corrected chi connectivity index (χ3v) is 4.13. The molecule has 1 aromatic carbocycles. The van der Waals surface area contributed by atoms with Crippen LogP contribution in [0.1, 0.15) is 13.3 Å². The molecular formula is C14H17N3O3S. The van der Waals surface area contributed by atoms with Gasteiger partial charge in [0.05, 0.1) is 6.61 Å². The van der Waals surface area contributed by atoms with Gasteiger partial charge in [0.25, 0.3) is 0 Å². The maximum absolute atomic E-state index is 11.9. The Morgan fingerprint density at radius 2 is 2.10 bits per heavy atom. The van der Waals surface area contributed by atoms with Crippen LogP contribution < -0.4 is 10.1 Å². The van der Waals surface area contributed by atoms with Gasteiger partial charge >= 0.3 is 0 Å². The van der Waals surface area contributed by atoms with E-state index in [4.69, 9.17) is 10.1 Å². The fraction of sp³-hybridized carbons (Fsp3) is 0.357. The highest BCUT2D eigenvalue weighted by molar-refractivity contribution is 8.15. The summed E-state index contributed by atoms with van der Waals surface area (Å²) in [4.78, 5) is 25.0. The molecule has 112 valence electrons. The number of hydrogen-bond donors (Lipinski definition) is 2. The normalized spacial score (nSPS) is 18.0. The third-order valence-electron chi connectivity index (χ3n) is 2.98. The summed E-state index contributed by atoms with van der Waals surface area (Å²) >= 11 is 1.11. The lowest BCUT2D eigenvalue weighted by Gasteiger charge is -2.09. The first kappa shape index (κ1) is 15.4. The van der Waals surface area contributed by atoms with Crippen LogP contribution >= 0.6 is 11.8 Å². The topological polar surface area (TPSA) is 82.5 Å². The van der Waals surface area contributed by atoms with Crippen molar-refractivity contribution in [2.75, 3.05) is 19.0 Å². The van der Waals surface area contributed by atoms with Gasteiger partial charge < -0.3 is 10.1 Å². The molecule has 1 aromatic rings. The second-order valence-electron chi connectivity index (χ2n) is 4.52. The summed E-state index contributed by atoms with van der Waals surface area (Å²) in [6.07, 6.45) is 0.0590. The summed E-state index contributed by atoms with van der Waals surface area (Å²) in [5, 5.41) is 9.98. The molecule has 1 saturated heterocycles. The summed E-state index contributed by atoms with van der Waals surface area (Å²) in [7, 11) is 1.54. The first-order valence-electron chi connectivity index (χ1n) is 6.56. The minimum absolute atomic E-state index is 0.0590. The van der Waals surface area contributed by atoms with Gasteiger partial charge in [-0.2, -0.15) is 0 Å². The lowest BCUT2D eigenvalue weighted by Crippen LogP contribution is -2.29. The maximum Gasteiger partial charge on any atom is 0.242 e. The molecule has 2 rings (SSSR count). The zero-order chi connectivity index (χ0) is 15.4. The summed E-state index contributed by atoms with van der Waals surface area (Å²) in [6.45, 7) is 2.49. The van der Waals surface area contributed by atoms with Crippen molar-refractivity contribution in [3.63, 3.8) is 0 Å². The molecule has 0 aliphatic carbocycles. The average molecular weight is 307 g/mol. The van der Waals surface area contributed by atoms with Crippen LogP contribution in [0.4, 0.5) is 5.69 Å². The highest BCUT2D eigenvalue weighted by Gasteiger charge is 2.35. The van der Waals surface area contributed by atoms with Gasteiger partial charge in [-0.05, 0) is 31.2 Å². The lowest BCUT2D eigenvalue weighted by molar-refractivity contribution is -0.127. The van der Waals surface area contributed by atoms with Gasteiger partial charge in [0, 0.05) is 19.2 Å². The van der Waals surface area contributed by atoms with E-state index in [-0.39, 0.29) is 23.4 Å². The summed E-state index contributed by atoms with van der Waals surface area (Å²) < 4.78 is 5.32. The Morgan fingerprint density at radius 1 is 1.43 bits per heavy atom. The molecule has 0 saturated carbocycles. The Hall–Kier alpha value is -2.02. The van der Waals surface area contributed by atoms with Gasteiger partial charge in [-0.3, -0.25) is 19.9 Å². The molecule has 1 fully saturated rings. The standard InChI is InChI=1S/C14H17N3O3S/c1-3-20-10-6-4-9(5-7-10)16-12(18)8-11-13(19)17(2)14(15)21-11/h4-7,11,15H,3,8H2,1-2H3,(H,16,18)/t11-/m1/s1.